The highest BCUT2D eigenvalue weighted by molar-refractivity contribution is 5.98. The van der Waals surface area contributed by atoms with E-state index in [1.807, 2.05) is 60.7 Å². The minimum Gasteiger partial charge on any atom is -0.342 e. The predicted molar refractivity (Wildman–Crippen MR) is 121 cm³/mol. The Bertz CT molecular complexity index is 1010. The third kappa shape index (κ3) is 4.54. The highest BCUT2D eigenvalue weighted by Crippen LogP contribution is 2.27. The number of benzene rings is 1. The van der Waals surface area contributed by atoms with E-state index in [2.05, 4.69) is 10.4 Å². The van der Waals surface area contributed by atoms with Gasteiger partial charge in [0.25, 0.3) is 5.91 Å². The van der Waals surface area contributed by atoms with Gasteiger partial charge in [-0.15, -0.1) is 0 Å². The molecule has 8 nitrogen and oxygen atoms in total. The average Bonchev–Trinajstić information content (AvgIpc) is 3.36. The highest BCUT2D eigenvalue weighted by Gasteiger charge is 2.30. The molecule has 170 valence electrons. The first-order chi connectivity index (χ1) is 15.2. The van der Waals surface area contributed by atoms with Gasteiger partial charge in [0.1, 0.15) is 5.82 Å². The molecule has 3 amide bonds. The molecule has 1 saturated heterocycles. The van der Waals surface area contributed by atoms with Gasteiger partial charge in [-0.1, -0.05) is 39.0 Å². The summed E-state index contributed by atoms with van der Waals surface area (Å²) >= 11 is 0. The molecule has 1 aromatic carbocycles. The van der Waals surface area contributed by atoms with Crippen LogP contribution in [0.5, 0.6) is 0 Å². The number of hydrogen-bond acceptors (Lipinski definition) is 4. The number of hydrogen-bond donors (Lipinski definition) is 1. The van der Waals surface area contributed by atoms with E-state index in [-0.39, 0.29) is 23.8 Å². The molecular weight excluding hydrogens is 406 g/mol. The van der Waals surface area contributed by atoms with Crippen LogP contribution in [0.15, 0.2) is 36.5 Å². The first-order valence-corrected chi connectivity index (χ1v) is 11.2. The van der Waals surface area contributed by atoms with Gasteiger partial charge in [-0.3, -0.25) is 14.4 Å². The standard InChI is InChI=1S/C24H31N5O3/c1-24(2,3)23(32)26-20-8-12-25-29(20)18-9-13-27(14-10-18)21(30)11-15-28-16-17-6-4-5-7-19(17)22(28)31/h4-8,12,18H,9-11,13-16H2,1-3H3,(H,26,32). The maximum absolute atomic E-state index is 12.8. The van der Waals surface area contributed by atoms with Crippen molar-refractivity contribution in [2.24, 2.45) is 5.41 Å². The van der Waals surface area contributed by atoms with Gasteiger partial charge in [-0.25, -0.2) is 4.68 Å². The van der Waals surface area contributed by atoms with Crippen LogP contribution in [0.3, 0.4) is 0 Å². The molecule has 1 aromatic heterocycles. The molecule has 2 aliphatic heterocycles. The summed E-state index contributed by atoms with van der Waals surface area (Å²) in [7, 11) is 0. The number of piperidine rings is 1. The van der Waals surface area contributed by atoms with Crippen LogP contribution in [0, 0.1) is 5.41 Å². The molecule has 1 fully saturated rings. The topological polar surface area (TPSA) is 87.5 Å². The van der Waals surface area contributed by atoms with Crippen LogP contribution >= 0.6 is 0 Å². The second-order valence-corrected chi connectivity index (χ2v) is 9.61. The van der Waals surface area contributed by atoms with Crippen molar-refractivity contribution < 1.29 is 14.4 Å². The Labute approximate surface area is 188 Å². The molecule has 0 atom stereocenters. The van der Waals surface area contributed by atoms with Crippen molar-refractivity contribution in [3.8, 4) is 0 Å². The summed E-state index contributed by atoms with van der Waals surface area (Å²) in [5, 5.41) is 7.38. The maximum atomic E-state index is 12.8. The van der Waals surface area contributed by atoms with Gasteiger partial charge in [-0.05, 0) is 24.5 Å². The monoisotopic (exact) mass is 437 g/mol. The molecule has 2 aromatic rings. The van der Waals surface area contributed by atoms with Crippen LogP contribution in [0.2, 0.25) is 0 Å². The lowest BCUT2D eigenvalue weighted by Crippen LogP contribution is -2.41. The molecule has 4 rings (SSSR count). The first-order valence-electron chi connectivity index (χ1n) is 11.2. The van der Waals surface area contributed by atoms with E-state index in [9.17, 15) is 14.4 Å². The number of fused-ring (bicyclic) bond motifs is 1. The molecule has 0 bridgehead atoms. The summed E-state index contributed by atoms with van der Waals surface area (Å²) in [5.74, 6) is 0.733. The van der Waals surface area contributed by atoms with Gasteiger partial charge in [0.05, 0.1) is 12.2 Å². The Hall–Kier alpha value is -3.16. The summed E-state index contributed by atoms with van der Waals surface area (Å²) in [6, 6.07) is 9.57. The summed E-state index contributed by atoms with van der Waals surface area (Å²) < 4.78 is 1.87. The first kappa shape index (κ1) is 22.0. The summed E-state index contributed by atoms with van der Waals surface area (Å²) in [6.07, 6.45) is 3.58. The molecule has 0 radical (unpaired) electrons. The number of carbonyl (C=O) groups excluding carboxylic acids is 3. The van der Waals surface area contributed by atoms with Gasteiger partial charge in [0.2, 0.25) is 11.8 Å². The Morgan fingerprint density at radius 1 is 1.12 bits per heavy atom. The number of likely N-dealkylation sites (tertiary alicyclic amines) is 1. The third-order valence-corrected chi connectivity index (χ3v) is 6.25. The minimum atomic E-state index is -0.483. The molecule has 0 aliphatic carbocycles. The quantitative estimate of drug-likeness (QED) is 0.779. The molecule has 3 heterocycles. The molecule has 0 spiro atoms. The van der Waals surface area contributed by atoms with Crippen LogP contribution in [0.4, 0.5) is 5.82 Å². The number of aromatic nitrogens is 2. The Morgan fingerprint density at radius 2 is 1.84 bits per heavy atom. The van der Waals surface area contributed by atoms with Gasteiger partial charge in [0.15, 0.2) is 0 Å². The predicted octanol–water partition coefficient (Wildman–Crippen LogP) is 3.08. The fraction of sp³-hybridized carbons (Fsp3) is 0.500. The van der Waals surface area contributed by atoms with E-state index in [0.29, 0.717) is 38.4 Å². The number of anilines is 1. The maximum Gasteiger partial charge on any atom is 0.254 e. The Morgan fingerprint density at radius 3 is 2.53 bits per heavy atom. The fourth-order valence-corrected chi connectivity index (χ4v) is 4.25. The summed E-state index contributed by atoms with van der Waals surface area (Å²) in [6.45, 7) is 7.93. The van der Waals surface area contributed by atoms with Gasteiger partial charge >= 0.3 is 0 Å². The molecule has 0 unspecified atom stereocenters. The average molecular weight is 438 g/mol. The minimum absolute atomic E-state index is 0.00984. The van der Waals surface area contributed by atoms with E-state index in [0.717, 1.165) is 24.0 Å². The van der Waals surface area contributed by atoms with Crippen LogP contribution in [0.25, 0.3) is 0 Å². The molecule has 1 N–H and O–H groups in total. The summed E-state index contributed by atoms with van der Waals surface area (Å²) in [5.41, 5.74) is 1.29. The fourth-order valence-electron chi connectivity index (χ4n) is 4.25. The smallest absolute Gasteiger partial charge is 0.254 e. The number of nitrogens with zero attached hydrogens (tertiary/aromatic N) is 4. The zero-order chi connectivity index (χ0) is 22.9. The van der Waals surface area contributed by atoms with Crippen molar-refractivity contribution >= 4 is 23.5 Å². The zero-order valence-corrected chi connectivity index (χ0v) is 19.0. The molecule has 8 heteroatoms. The molecular formula is C24H31N5O3. The van der Waals surface area contributed by atoms with Crippen molar-refractivity contribution in [1.29, 1.82) is 0 Å². The SMILES string of the molecule is CC(C)(C)C(=O)Nc1ccnn1C1CCN(C(=O)CCN2Cc3ccccc3C2=O)CC1. The normalized spacial score (nSPS) is 16.9. The largest absolute Gasteiger partial charge is 0.342 e. The third-order valence-electron chi connectivity index (χ3n) is 6.25. The Balaban J connectivity index is 1.28. The van der Waals surface area contributed by atoms with E-state index in [4.69, 9.17) is 0 Å². The Kier molecular flexibility index (Phi) is 6.04. The van der Waals surface area contributed by atoms with E-state index in [1.165, 1.54) is 0 Å². The zero-order valence-electron chi connectivity index (χ0n) is 19.0. The van der Waals surface area contributed by atoms with E-state index < -0.39 is 5.41 Å². The van der Waals surface area contributed by atoms with Crippen LogP contribution < -0.4 is 5.32 Å². The molecule has 0 saturated carbocycles. The van der Waals surface area contributed by atoms with Crippen molar-refractivity contribution in [1.82, 2.24) is 19.6 Å². The van der Waals surface area contributed by atoms with Crippen molar-refractivity contribution in [2.45, 2.75) is 52.6 Å². The van der Waals surface area contributed by atoms with Crippen LogP contribution in [-0.4, -0.2) is 56.9 Å². The highest BCUT2D eigenvalue weighted by atomic mass is 16.2. The number of carbonyl (C=O) groups is 3. The van der Waals surface area contributed by atoms with E-state index in [1.54, 1.807) is 11.1 Å². The van der Waals surface area contributed by atoms with Gasteiger partial charge < -0.3 is 15.1 Å². The summed E-state index contributed by atoms with van der Waals surface area (Å²) in [4.78, 5) is 41.2. The van der Waals surface area contributed by atoms with Gasteiger partial charge in [0, 0.05) is 49.6 Å². The van der Waals surface area contributed by atoms with Crippen molar-refractivity contribution in [2.75, 3.05) is 25.0 Å². The lowest BCUT2D eigenvalue weighted by Gasteiger charge is -2.33. The number of nitrogens with one attached hydrogen (secondary N) is 1. The van der Waals surface area contributed by atoms with Crippen LogP contribution in [0.1, 0.15) is 62.0 Å². The lowest BCUT2D eigenvalue weighted by molar-refractivity contribution is -0.132. The van der Waals surface area contributed by atoms with E-state index >= 15 is 0 Å². The van der Waals surface area contributed by atoms with Gasteiger partial charge in [-0.2, -0.15) is 5.10 Å². The van der Waals surface area contributed by atoms with Crippen molar-refractivity contribution in [3.63, 3.8) is 0 Å². The number of amides is 3. The molecule has 2 aliphatic rings. The molecule has 32 heavy (non-hydrogen) atoms. The lowest BCUT2D eigenvalue weighted by atomic mass is 9.96. The van der Waals surface area contributed by atoms with Crippen LogP contribution in [-0.2, 0) is 16.1 Å². The number of rotatable bonds is 5. The second kappa shape index (κ2) is 8.76. The van der Waals surface area contributed by atoms with Crippen molar-refractivity contribution in [3.05, 3.63) is 47.7 Å². The second-order valence-electron chi connectivity index (χ2n) is 9.61.